The molecule has 5 heteroatoms. The minimum Gasteiger partial charge on any atom is -0.391 e. The lowest BCUT2D eigenvalue weighted by atomic mass is 10.2. The van der Waals surface area contributed by atoms with E-state index >= 15 is 0 Å². The summed E-state index contributed by atoms with van der Waals surface area (Å²) in [6, 6.07) is 1.45. The summed E-state index contributed by atoms with van der Waals surface area (Å²) in [5.41, 5.74) is 5.00. The fourth-order valence-corrected chi connectivity index (χ4v) is 1.92. The van der Waals surface area contributed by atoms with Crippen molar-refractivity contribution in [2.45, 2.75) is 31.4 Å². The molecule has 1 aromatic rings. The van der Waals surface area contributed by atoms with E-state index in [1.54, 1.807) is 12.3 Å². The molecule has 1 aromatic heterocycles. The Labute approximate surface area is 81.2 Å². The summed E-state index contributed by atoms with van der Waals surface area (Å²) in [6.45, 7) is 0. The molecule has 1 saturated carbocycles. The maximum Gasteiger partial charge on any atom is 0.349 e. The minimum atomic E-state index is -0.432. The molecule has 2 rings (SSSR count). The van der Waals surface area contributed by atoms with Crippen molar-refractivity contribution < 1.29 is 5.11 Å². The van der Waals surface area contributed by atoms with Crippen LogP contribution in [0, 0.1) is 0 Å². The van der Waals surface area contributed by atoms with E-state index in [0.717, 1.165) is 19.3 Å². The third-order valence-corrected chi connectivity index (χ3v) is 2.65. The number of aliphatic hydroxyl groups excluding tert-OH is 1. The van der Waals surface area contributed by atoms with Gasteiger partial charge < -0.3 is 10.8 Å². The highest BCUT2D eigenvalue weighted by atomic mass is 16.3. The zero-order valence-electron chi connectivity index (χ0n) is 7.76. The lowest BCUT2D eigenvalue weighted by molar-refractivity contribution is 0.134. The van der Waals surface area contributed by atoms with E-state index in [1.807, 2.05) is 0 Å². The molecule has 0 radical (unpaired) electrons. The molecule has 2 atom stereocenters. The van der Waals surface area contributed by atoms with Gasteiger partial charge in [-0.2, -0.15) is 4.98 Å². The summed E-state index contributed by atoms with van der Waals surface area (Å²) < 4.78 is 1.47. The van der Waals surface area contributed by atoms with Gasteiger partial charge in [0.1, 0.15) is 5.82 Å². The molecule has 1 aliphatic rings. The highest BCUT2D eigenvalue weighted by molar-refractivity contribution is 5.23. The summed E-state index contributed by atoms with van der Waals surface area (Å²) in [7, 11) is 0. The van der Waals surface area contributed by atoms with Crippen molar-refractivity contribution in [1.82, 2.24) is 9.55 Å². The quantitative estimate of drug-likeness (QED) is 0.656. The third-order valence-electron chi connectivity index (χ3n) is 2.65. The second kappa shape index (κ2) is 3.42. The van der Waals surface area contributed by atoms with Gasteiger partial charge >= 0.3 is 5.69 Å². The van der Waals surface area contributed by atoms with Gasteiger partial charge in [0.05, 0.1) is 12.1 Å². The Morgan fingerprint density at radius 3 is 2.93 bits per heavy atom. The Bertz CT molecular complexity index is 388. The normalized spacial score (nSPS) is 26.6. The highest BCUT2D eigenvalue weighted by Gasteiger charge is 2.27. The first-order valence-corrected chi connectivity index (χ1v) is 4.71. The molecular weight excluding hydrogens is 182 g/mol. The van der Waals surface area contributed by atoms with Gasteiger partial charge in [0, 0.05) is 6.20 Å². The Morgan fingerprint density at radius 2 is 2.36 bits per heavy atom. The van der Waals surface area contributed by atoms with E-state index in [2.05, 4.69) is 4.98 Å². The van der Waals surface area contributed by atoms with Crippen LogP contribution in [0.15, 0.2) is 17.1 Å². The third kappa shape index (κ3) is 1.50. The lowest BCUT2D eigenvalue weighted by Gasteiger charge is -2.16. The maximum atomic E-state index is 11.4. The standard InChI is InChI=1S/C9H13N3O2/c10-8-4-5-12(9(14)11-8)6-2-1-3-7(6)13/h4-7,13H,1-3H2,(H2,10,11,14)/t6-,7-/m1/s1. The largest absolute Gasteiger partial charge is 0.391 e. The summed E-state index contributed by atoms with van der Waals surface area (Å²) in [6.07, 6.45) is 3.69. The van der Waals surface area contributed by atoms with Crippen LogP contribution in [0.25, 0.3) is 0 Å². The van der Waals surface area contributed by atoms with Gasteiger partial charge in [-0.3, -0.25) is 4.57 Å². The van der Waals surface area contributed by atoms with E-state index in [-0.39, 0.29) is 17.5 Å². The first-order chi connectivity index (χ1) is 6.68. The Kier molecular flexibility index (Phi) is 2.25. The number of nitrogens with two attached hydrogens (primary N) is 1. The number of aromatic nitrogens is 2. The number of nitrogens with zero attached hydrogens (tertiary/aromatic N) is 2. The summed E-state index contributed by atoms with van der Waals surface area (Å²) in [4.78, 5) is 15.1. The molecule has 3 N–H and O–H groups in total. The number of rotatable bonds is 1. The molecule has 0 spiro atoms. The van der Waals surface area contributed by atoms with Crippen LogP contribution in [-0.4, -0.2) is 20.8 Å². The lowest BCUT2D eigenvalue weighted by Crippen LogP contribution is -2.30. The van der Waals surface area contributed by atoms with E-state index in [9.17, 15) is 9.90 Å². The number of hydrogen-bond donors (Lipinski definition) is 2. The van der Waals surface area contributed by atoms with Crippen LogP contribution in [0.4, 0.5) is 5.82 Å². The monoisotopic (exact) mass is 195 g/mol. The number of aliphatic hydroxyl groups is 1. The van der Waals surface area contributed by atoms with Crippen LogP contribution in [0.2, 0.25) is 0 Å². The van der Waals surface area contributed by atoms with Crippen LogP contribution in [0.1, 0.15) is 25.3 Å². The van der Waals surface area contributed by atoms with E-state index in [4.69, 9.17) is 5.73 Å². The second-order valence-corrected chi connectivity index (χ2v) is 3.61. The average Bonchev–Trinajstić information content (AvgIpc) is 2.52. The van der Waals surface area contributed by atoms with Crippen molar-refractivity contribution in [2.75, 3.05) is 5.73 Å². The van der Waals surface area contributed by atoms with Crippen molar-refractivity contribution in [1.29, 1.82) is 0 Å². The molecule has 76 valence electrons. The predicted octanol–water partition coefficient (Wildman–Crippen LogP) is -0.0886. The summed E-state index contributed by atoms with van der Waals surface area (Å²) in [5.74, 6) is 0.221. The van der Waals surface area contributed by atoms with E-state index < -0.39 is 6.10 Å². The second-order valence-electron chi connectivity index (χ2n) is 3.61. The molecule has 14 heavy (non-hydrogen) atoms. The van der Waals surface area contributed by atoms with E-state index in [0.29, 0.717) is 0 Å². The van der Waals surface area contributed by atoms with Crippen LogP contribution in [0.3, 0.4) is 0 Å². The number of nitrogen functional groups attached to an aromatic ring is 1. The van der Waals surface area contributed by atoms with Crippen molar-refractivity contribution in [3.8, 4) is 0 Å². The molecule has 0 bridgehead atoms. The number of anilines is 1. The summed E-state index contributed by atoms with van der Waals surface area (Å²) in [5, 5.41) is 9.62. The van der Waals surface area contributed by atoms with Crippen LogP contribution in [0.5, 0.6) is 0 Å². The Balaban J connectivity index is 2.36. The first-order valence-electron chi connectivity index (χ1n) is 4.71. The molecule has 1 fully saturated rings. The maximum absolute atomic E-state index is 11.4. The van der Waals surface area contributed by atoms with Gasteiger partial charge in [-0.25, -0.2) is 4.79 Å². The van der Waals surface area contributed by atoms with Gasteiger partial charge in [0.2, 0.25) is 0 Å². The highest BCUT2D eigenvalue weighted by Crippen LogP contribution is 2.28. The smallest absolute Gasteiger partial charge is 0.349 e. The molecule has 0 amide bonds. The van der Waals surface area contributed by atoms with Crippen LogP contribution in [-0.2, 0) is 0 Å². The van der Waals surface area contributed by atoms with Gasteiger partial charge in [0.25, 0.3) is 0 Å². The van der Waals surface area contributed by atoms with Crippen molar-refractivity contribution >= 4 is 5.82 Å². The van der Waals surface area contributed by atoms with Gasteiger partial charge in [-0.05, 0) is 25.3 Å². The fraction of sp³-hybridized carbons (Fsp3) is 0.556. The van der Waals surface area contributed by atoms with Gasteiger partial charge in [0.15, 0.2) is 0 Å². The molecule has 0 aliphatic heterocycles. The average molecular weight is 195 g/mol. The zero-order valence-corrected chi connectivity index (χ0v) is 7.76. The van der Waals surface area contributed by atoms with Crippen LogP contribution >= 0.6 is 0 Å². The summed E-state index contributed by atoms with van der Waals surface area (Å²) >= 11 is 0. The zero-order chi connectivity index (χ0) is 10.1. The molecule has 1 aliphatic carbocycles. The molecular formula is C9H13N3O2. The van der Waals surface area contributed by atoms with E-state index in [1.165, 1.54) is 4.57 Å². The molecule has 0 saturated heterocycles. The predicted molar refractivity (Wildman–Crippen MR) is 51.8 cm³/mol. The Morgan fingerprint density at radius 1 is 1.57 bits per heavy atom. The van der Waals surface area contributed by atoms with Gasteiger partial charge in [-0.15, -0.1) is 0 Å². The number of hydrogen-bond acceptors (Lipinski definition) is 4. The van der Waals surface area contributed by atoms with Crippen molar-refractivity contribution in [3.63, 3.8) is 0 Å². The fourth-order valence-electron chi connectivity index (χ4n) is 1.92. The SMILES string of the molecule is Nc1ccn([C@@H]2CCC[C@H]2O)c(=O)n1. The Hall–Kier alpha value is -1.36. The van der Waals surface area contributed by atoms with Crippen molar-refractivity contribution in [3.05, 3.63) is 22.7 Å². The van der Waals surface area contributed by atoms with Crippen molar-refractivity contribution in [2.24, 2.45) is 0 Å². The van der Waals surface area contributed by atoms with Crippen LogP contribution < -0.4 is 11.4 Å². The molecule has 5 nitrogen and oxygen atoms in total. The van der Waals surface area contributed by atoms with Gasteiger partial charge in [-0.1, -0.05) is 0 Å². The topological polar surface area (TPSA) is 81.1 Å². The first kappa shape index (κ1) is 9.21. The molecule has 0 aromatic carbocycles. The molecule has 0 unspecified atom stereocenters. The molecule has 1 heterocycles. The minimum absolute atomic E-state index is 0.129.